The van der Waals surface area contributed by atoms with Crippen molar-refractivity contribution in [2.75, 3.05) is 6.54 Å². The Labute approximate surface area is 103 Å². The van der Waals surface area contributed by atoms with Crippen molar-refractivity contribution >= 4 is 5.91 Å². The SMILES string of the molecule is N[C@H](C(=O)NCCCC(F)(F)F)c1ccccc1. The van der Waals surface area contributed by atoms with Gasteiger partial charge >= 0.3 is 6.18 Å². The van der Waals surface area contributed by atoms with Crippen LogP contribution in [-0.4, -0.2) is 18.6 Å². The lowest BCUT2D eigenvalue weighted by Gasteiger charge is -2.12. The van der Waals surface area contributed by atoms with Crippen LogP contribution in [0.2, 0.25) is 0 Å². The highest BCUT2D eigenvalue weighted by atomic mass is 19.4. The molecule has 100 valence electrons. The van der Waals surface area contributed by atoms with Gasteiger partial charge in [0.1, 0.15) is 6.04 Å². The average Bonchev–Trinajstić information content (AvgIpc) is 2.33. The molecule has 1 aromatic carbocycles. The highest BCUT2D eigenvalue weighted by molar-refractivity contribution is 5.82. The molecule has 0 heterocycles. The van der Waals surface area contributed by atoms with Crippen LogP contribution in [-0.2, 0) is 4.79 Å². The lowest BCUT2D eigenvalue weighted by molar-refractivity contribution is -0.136. The summed E-state index contributed by atoms with van der Waals surface area (Å²) in [6, 6.07) is 7.81. The molecule has 0 saturated carbocycles. The predicted molar refractivity (Wildman–Crippen MR) is 61.7 cm³/mol. The van der Waals surface area contributed by atoms with Gasteiger partial charge in [0, 0.05) is 13.0 Å². The Bertz CT molecular complexity index is 379. The number of halogens is 3. The second-order valence-electron chi connectivity index (χ2n) is 3.90. The van der Waals surface area contributed by atoms with Gasteiger partial charge in [-0.1, -0.05) is 30.3 Å². The Morgan fingerprint density at radius 3 is 2.44 bits per heavy atom. The summed E-state index contributed by atoms with van der Waals surface area (Å²) in [4.78, 5) is 11.6. The second kappa shape index (κ2) is 6.39. The van der Waals surface area contributed by atoms with Crippen molar-refractivity contribution in [2.45, 2.75) is 25.1 Å². The predicted octanol–water partition coefficient (Wildman–Crippen LogP) is 2.15. The molecular weight excluding hydrogens is 245 g/mol. The number of carbonyl (C=O) groups excluding carboxylic acids is 1. The maximum absolute atomic E-state index is 11.9. The minimum absolute atomic E-state index is 0.0289. The van der Waals surface area contributed by atoms with E-state index < -0.39 is 24.5 Å². The van der Waals surface area contributed by atoms with Gasteiger partial charge in [0.25, 0.3) is 0 Å². The summed E-state index contributed by atoms with van der Waals surface area (Å²) in [5, 5.41) is 2.39. The van der Waals surface area contributed by atoms with Crippen LogP contribution in [0.5, 0.6) is 0 Å². The van der Waals surface area contributed by atoms with Crippen molar-refractivity contribution in [3.8, 4) is 0 Å². The Morgan fingerprint density at radius 1 is 1.28 bits per heavy atom. The maximum atomic E-state index is 11.9. The fourth-order valence-corrected chi connectivity index (χ4v) is 1.42. The quantitative estimate of drug-likeness (QED) is 0.797. The van der Waals surface area contributed by atoms with E-state index >= 15 is 0 Å². The summed E-state index contributed by atoms with van der Waals surface area (Å²) >= 11 is 0. The first-order valence-corrected chi connectivity index (χ1v) is 5.55. The van der Waals surface area contributed by atoms with Gasteiger partial charge in [-0.05, 0) is 12.0 Å². The summed E-state index contributed by atoms with van der Waals surface area (Å²) in [5.74, 6) is -0.469. The van der Waals surface area contributed by atoms with E-state index in [0.29, 0.717) is 5.56 Å². The van der Waals surface area contributed by atoms with E-state index in [1.807, 2.05) is 0 Å². The third-order valence-corrected chi connectivity index (χ3v) is 2.38. The summed E-state index contributed by atoms with van der Waals surface area (Å²) in [6.07, 6.45) is -5.24. The molecule has 0 bridgehead atoms. The van der Waals surface area contributed by atoms with Crippen molar-refractivity contribution in [3.63, 3.8) is 0 Å². The van der Waals surface area contributed by atoms with Crippen LogP contribution >= 0.6 is 0 Å². The summed E-state index contributed by atoms with van der Waals surface area (Å²) in [6.45, 7) is -0.0289. The molecule has 1 aromatic rings. The van der Waals surface area contributed by atoms with Crippen molar-refractivity contribution in [1.29, 1.82) is 0 Å². The molecule has 18 heavy (non-hydrogen) atoms. The van der Waals surface area contributed by atoms with Gasteiger partial charge < -0.3 is 11.1 Å². The molecule has 0 aliphatic rings. The number of nitrogens with one attached hydrogen (secondary N) is 1. The molecule has 1 atom stereocenters. The Hall–Kier alpha value is -1.56. The summed E-state index contributed by atoms with van der Waals surface area (Å²) < 4.78 is 35.6. The zero-order valence-electron chi connectivity index (χ0n) is 9.70. The second-order valence-corrected chi connectivity index (χ2v) is 3.90. The van der Waals surface area contributed by atoms with Gasteiger partial charge in [-0.25, -0.2) is 0 Å². The molecule has 6 heteroatoms. The highest BCUT2D eigenvalue weighted by Crippen LogP contribution is 2.20. The Balaban J connectivity index is 2.33. The zero-order valence-corrected chi connectivity index (χ0v) is 9.70. The van der Waals surface area contributed by atoms with Crippen LogP contribution in [0.3, 0.4) is 0 Å². The zero-order chi connectivity index (χ0) is 13.6. The molecule has 0 fully saturated rings. The van der Waals surface area contributed by atoms with Crippen LogP contribution in [0.25, 0.3) is 0 Å². The van der Waals surface area contributed by atoms with Crippen molar-refractivity contribution in [1.82, 2.24) is 5.32 Å². The molecule has 0 saturated heterocycles. The third-order valence-electron chi connectivity index (χ3n) is 2.38. The first-order valence-electron chi connectivity index (χ1n) is 5.55. The normalized spacial score (nSPS) is 13.1. The molecule has 0 unspecified atom stereocenters. The number of benzene rings is 1. The monoisotopic (exact) mass is 260 g/mol. The van der Waals surface area contributed by atoms with Gasteiger partial charge in [0.2, 0.25) is 5.91 Å². The standard InChI is InChI=1S/C12H15F3N2O/c13-12(14,15)7-4-8-17-11(18)10(16)9-5-2-1-3-6-9/h1-3,5-6,10H,4,7-8,16H2,(H,17,18)/t10-/m0/s1. The van der Waals surface area contributed by atoms with Crippen LogP contribution in [0.1, 0.15) is 24.4 Å². The van der Waals surface area contributed by atoms with Crippen LogP contribution in [0.15, 0.2) is 30.3 Å². The molecule has 0 aliphatic heterocycles. The van der Waals surface area contributed by atoms with Crippen molar-refractivity contribution in [3.05, 3.63) is 35.9 Å². The number of rotatable bonds is 5. The first kappa shape index (κ1) is 14.5. The summed E-state index contributed by atoms with van der Waals surface area (Å²) in [5.41, 5.74) is 6.30. The molecule has 1 amide bonds. The Kier molecular flexibility index (Phi) is 5.15. The van der Waals surface area contributed by atoms with E-state index in [-0.39, 0.29) is 13.0 Å². The maximum Gasteiger partial charge on any atom is 0.389 e. The number of amides is 1. The van der Waals surface area contributed by atoms with E-state index in [9.17, 15) is 18.0 Å². The van der Waals surface area contributed by atoms with E-state index in [4.69, 9.17) is 5.73 Å². The molecule has 0 aliphatic carbocycles. The van der Waals surface area contributed by atoms with Crippen molar-refractivity contribution in [2.24, 2.45) is 5.73 Å². The van der Waals surface area contributed by atoms with Gasteiger partial charge in [-0.3, -0.25) is 4.79 Å². The average molecular weight is 260 g/mol. The van der Waals surface area contributed by atoms with E-state index in [0.717, 1.165) is 0 Å². The molecule has 0 radical (unpaired) electrons. The number of carbonyl (C=O) groups is 1. The van der Waals surface area contributed by atoms with Gasteiger partial charge in [-0.2, -0.15) is 13.2 Å². The lowest BCUT2D eigenvalue weighted by atomic mass is 10.1. The van der Waals surface area contributed by atoms with Gasteiger partial charge in [0.15, 0.2) is 0 Å². The highest BCUT2D eigenvalue weighted by Gasteiger charge is 2.26. The first-order chi connectivity index (χ1) is 8.40. The van der Waals surface area contributed by atoms with Crippen LogP contribution in [0, 0.1) is 0 Å². The third kappa shape index (κ3) is 5.18. The van der Waals surface area contributed by atoms with Crippen LogP contribution < -0.4 is 11.1 Å². The molecular formula is C12H15F3N2O. The van der Waals surface area contributed by atoms with E-state index in [1.54, 1.807) is 30.3 Å². The molecule has 0 spiro atoms. The van der Waals surface area contributed by atoms with Crippen LogP contribution in [0.4, 0.5) is 13.2 Å². The largest absolute Gasteiger partial charge is 0.389 e. The number of hydrogen-bond donors (Lipinski definition) is 2. The van der Waals surface area contributed by atoms with Crippen molar-refractivity contribution < 1.29 is 18.0 Å². The Morgan fingerprint density at radius 2 is 1.89 bits per heavy atom. The number of alkyl halides is 3. The molecule has 3 nitrogen and oxygen atoms in total. The minimum atomic E-state index is -4.19. The topological polar surface area (TPSA) is 55.1 Å². The smallest absolute Gasteiger partial charge is 0.354 e. The molecule has 3 N–H and O–H groups in total. The molecule has 0 aromatic heterocycles. The molecule has 1 rings (SSSR count). The minimum Gasteiger partial charge on any atom is -0.354 e. The lowest BCUT2D eigenvalue weighted by Crippen LogP contribution is -2.34. The fraction of sp³-hybridized carbons (Fsp3) is 0.417. The summed E-state index contributed by atoms with van der Waals surface area (Å²) in [7, 11) is 0. The number of hydrogen-bond acceptors (Lipinski definition) is 2. The van der Waals surface area contributed by atoms with Gasteiger partial charge in [0.05, 0.1) is 0 Å². The van der Waals surface area contributed by atoms with E-state index in [1.165, 1.54) is 0 Å². The number of nitrogens with two attached hydrogens (primary N) is 1. The van der Waals surface area contributed by atoms with Gasteiger partial charge in [-0.15, -0.1) is 0 Å². The van der Waals surface area contributed by atoms with E-state index in [2.05, 4.69) is 5.32 Å². The fourth-order valence-electron chi connectivity index (χ4n) is 1.42.